The molecule has 0 spiro atoms. The molecule has 1 rings (SSSR count). The fraction of sp³-hybridized carbons (Fsp3) is 0.500. The molecule has 0 aliphatic carbocycles. The molecule has 0 aliphatic heterocycles. The zero-order valence-corrected chi connectivity index (χ0v) is 9.00. The van der Waals surface area contributed by atoms with E-state index in [4.69, 9.17) is 5.11 Å². The van der Waals surface area contributed by atoms with E-state index < -0.39 is 11.5 Å². The van der Waals surface area contributed by atoms with Crippen LogP contribution in [0.5, 0.6) is 0 Å². The smallest absolute Gasteiger partial charge is 0.341 e. The van der Waals surface area contributed by atoms with Crippen LogP contribution in [-0.2, 0) is 6.42 Å². The minimum absolute atomic E-state index is 0.0837. The quantitative estimate of drug-likeness (QED) is 0.764. The maximum Gasteiger partial charge on any atom is 0.341 e. The van der Waals surface area contributed by atoms with Crippen molar-refractivity contribution in [2.45, 2.75) is 27.2 Å². The lowest BCUT2D eigenvalue weighted by molar-refractivity contribution is 0.0693. The molecule has 2 N–H and O–H groups in total. The standard InChI is InChI=1S/C10H14N2O3/c1-10(2,3)4-6-5-11-12-8(13)7(6)9(14)15/h5H,4H2,1-3H3,(H,12,13)(H,14,15). The van der Waals surface area contributed by atoms with Gasteiger partial charge in [-0.3, -0.25) is 4.79 Å². The maximum atomic E-state index is 11.3. The van der Waals surface area contributed by atoms with Crippen LogP contribution >= 0.6 is 0 Å². The lowest BCUT2D eigenvalue weighted by atomic mass is 9.87. The maximum absolute atomic E-state index is 11.3. The second-order valence-corrected chi connectivity index (χ2v) is 4.64. The van der Waals surface area contributed by atoms with Crippen LogP contribution in [0.1, 0.15) is 36.7 Å². The van der Waals surface area contributed by atoms with E-state index >= 15 is 0 Å². The summed E-state index contributed by atoms with van der Waals surface area (Å²) in [6, 6.07) is 0. The average molecular weight is 210 g/mol. The van der Waals surface area contributed by atoms with Crippen molar-refractivity contribution in [3.63, 3.8) is 0 Å². The first-order valence-corrected chi connectivity index (χ1v) is 4.61. The Morgan fingerprint density at radius 3 is 2.60 bits per heavy atom. The van der Waals surface area contributed by atoms with E-state index in [0.717, 1.165) is 0 Å². The highest BCUT2D eigenvalue weighted by atomic mass is 16.4. The number of aromatic amines is 1. The number of hydrogen-bond donors (Lipinski definition) is 2. The van der Waals surface area contributed by atoms with Crippen LogP contribution in [0.15, 0.2) is 11.0 Å². The molecule has 0 atom stereocenters. The molecule has 15 heavy (non-hydrogen) atoms. The van der Waals surface area contributed by atoms with Crippen molar-refractivity contribution in [1.82, 2.24) is 10.2 Å². The zero-order chi connectivity index (χ0) is 11.6. The average Bonchev–Trinajstić information content (AvgIpc) is 1.99. The van der Waals surface area contributed by atoms with Crippen LogP contribution in [0.3, 0.4) is 0 Å². The predicted octanol–water partition coefficient (Wildman–Crippen LogP) is 1.06. The Bertz CT molecular complexity index is 429. The number of carboxylic acid groups (broad SMARTS) is 1. The molecule has 1 aromatic rings. The van der Waals surface area contributed by atoms with Crippen molar-refractivity contribution in [2.24, 2.45) is 5.41 Å². The van der Waals surface area contributed by atoms with Gasteiger partial charge in [0.05, 0.1) is 6.20 Å². The van der Waals surface area contributed by atoms with E-state index in [1.807, 2.05) is 20.8 Å². The number of carbonyl (C=O) groups is 1. The Morgan fingerprint density at radius 2 is 2.13 bits per heavy atom. The Kier molecular flexibility index (Phi) is 2.93. The highest BCUT2D eigenvalue weighted by Crippen LogP contribution is 2.20. The molecule has 0 bridgehead atoms. The number of nitrogens with one attached hydrogen (secondary N) is 1. The van der Waals surface area contributed by atoms with Crippen molar-refractivity contribution >= 4 is 5.97 Å². The van der Waals surface area contributed by atoms with Gasteiger partial charge < -0.3 is 5.11 Å². The summed E-state index contributed by atoms with van der Waals surface area (Å²) in [5, 5.41) is 14.6. The Labute approximate surface area is 87.1 Å². The predicted molar refractivity (Wildman–Crippen MR) is 55.0 cm³/mol. The second kappa shape index (κ2) is 3.84. The fourth-order valence-electron chi connectivity index (χ4n) is 1.37. The second-order valence-electron chi connectivity index (χ2n) is 4.64. The third-order valence-corrected chi connectivity index (χ3v) is 1.87. The summed E-state index contributed by atoms with van der Waals surface area (Å²) in [6.07, 6.45) is 1.90. The lowest BCUT2D eigenvalue weighted by Crippen LogP contribution is -2.23. The summed E-state index contributed by atoms with van der Waals surface area (Å²) in [5.41, 5.74) is -0.470. The Morgan fingerprint density at radius 1 is 1.53 bits per heavy atom. The van der Waals surface area contributed by atoms with Crippen LogP contribution < -0.4 is 5.56 Å². The molecular formula is C10H14N2O3. The topological polar surface area (TPSA) is 83.0 Å². The summed E-state index contributed by atoms with van der Waals surface area (Å²) in [6.45, 7) is 5.92. The zero-order valence-electron chi connectivity index (χ0n) is 9.00. The molecule has 0 aliphatic rings. The summed E-state index contributed by atoms with van der Waals surface area (Å²) in [5.74, 6) is -1.21. The van der Waals surface area contributed by atoms with Gasteiger partial charge in [0.15, 0.2) is 0 Å². The molecule has 5 heteroatoms. The molecule has 0 unspecified atom stereocenters. The van der Waals surface area contributed by atoms with E-state index in [1.165, 1.54) is 6.20 Å². The number of aromatic nitrogens is 2. The van der Waals surface area contributed by atoms with Gasteiger partial charge in [-0.15, -0.1) is 0 Å². The van der Waals surface area contributed by atoms with Crippen molar-refractivity contribution in [1.29, 1.82) is 0 Å². The minimum Gasteiger partial charge on any atom is -0.477 e. The molecule has 0 saturated heterocycles. The Balaban J connectivity index is 3.24. The molecule has 0 fully saturated rings. The van der Waals surface area contributed by atoms with E-state index in [-0.39, 0.29) is 11.0 Å². The highest BCUT2D eigenvalue weighted by molar-refractivity contribution is 5.88. The lowest BCUT2D eigenvalue weighted by Gasteiger charge is -2.18. The van der Waals surface area contributed by atoms with Crippen LogP contribution in [-0.4, -0.2) is 21.3 Å². The third kappa shape index (κ3) is 2.90. The van der Waals surface area contributed by atoms with Crippen molar-refractivity contribution in [2.75, 3.05) is 0 Å². The molecule has 1 heterocycles. The molecular weight excluding hydrogens is 196 g/mol. The summed E-state index contributed by atoms with van der Waals surface area (Å²) >= 11 is 0. The van der Waals surface area contributed by atoms with Crippen molar-refractivity contribution in [3.8, 4) is 0 Å². The minimum atomic E-state index is -1.21. The highest BCUT2D eigenvalue weighted by Gasteiger charge is 2.20. The van der Waals surface area contributed by atoms with E-state index in [1.54, 1.807) is 0 Å². The fourth-order valence-corrected chi connectivity index (χ4v) is 1.37. The van der Waals surface area contributed by atoms with Gasteiger partial charge in [-0.05, 0) is 17.4 Å². The molecule has 0 saturated carbocycles. The molecule has 0 amide bonds. The first-order chi connectivity index (χ1) is 6.81. The van der Waals surface area contributed by atoms with Gasteiger partial charge in [-0.2, -0.15) is 5.10 Å². The van der Waals surface area contributed by atoms with Crippen molar-refractivity contribution in [3.05, 3.63) is 27.7 Å². The number of nitrogens with zero attached hydrogens (tertiary/aromatic N) is 1. The monoisotopic (exact) mass is 210 g/mol. The van der Waals surface area contributed by atoms with Crippen LogP contribution in [0, 0.1) is 5.41 Å². The van der Waals surface area contributed by atoms with Gasteiger partial charge in [-0.1, -0.05) is 20.8 Å². The molecule has 0 aromatic carbocycles. The van der Waals surface area contributed by atoms with Gasteiger partial charge in [0.1, 0.15) is 5.56 Å². The number of H-pyrrole nitrogens is 1. The van der Waals surface area contributed by atoms with Gasteiger partial charge in [0.25, 0.3) is 5.56 Å². The van der Waals surface area contributed by atoms with Crippen LogP contribution in [0.2, 0.25) is 0 Å². The molecule has 5 nitrogen and oxygen atoms in total. The van der Waals surface area contributed by atoms with Gasteiger partial charge in [0.2, 0.25) is 0 Å². The van der Waals surface area contributed by atoms with Gasteiger partial charge in [0, 0.05) is 0 Å². The van der Waals surface area contributed by atoms with Gasteiger partial charge in [-0.25, -0.2) is 9.89 Å². The SMILES string of the molecule is CC(C)(C)Cc1cn[nH]c(=O)c1C(=O)O. The number of aromatic carboxylic acids is 1. The largest absolute Gasteiger partial charge is 0.477 e. The van der Waals surface area contributed by atoms with E-state index in [9.17, 15) is 9.59 Å². The summed E-state index contributed by atoms with van der Waals surface area (Å²) in [7, 11) is 0. The van der Waals surface area contributed by atoms with E-state index in [2.05, 4.69) is 10.2 Å². The first-order valence-electron chi connectivity index (χ1n) is 4.61. The summed E-state index contributed by atoms with van der Waals surface area (Å²) < 4.78 is 0. The first kappa shape index (κ1) is 11.4. The number of hydrogen-bond acceptors (Lipinski definition) is 3. The third-order valence-electron chi connectivity index (χ3n) is 1.87. The number of carboxylic acids is 1. The van der Waals surface area contributed by atoms with Crippen molar-refractivity contribution < 1.29 is 9.90 Å². The molecule has 0 radical (unpaired) electrons. The van der Waals surface area contributed by atoms with Crippen LogP contribution in [0.4, 0.5) is 0 Å². The van der Waals surface area contributed by atoms with E-state index in [0.29, 0.717) is 12.0 Å². The molecule has 1 aromatic heterocycles. The summed E-state index contributed by atoms with van der Waals surface area (Å²) in [4.78, 5) is 22.1. The number of rotatable bonds is 2. The van der Waals surface area contributed by atoms with Gasteiger partial charge >= 0.3 is 5.97 Å². The molecule has 82 valence electrons. The van der Waals surface area contributed by atoms with Crippen LogP contribution in [0.25, 0.3) is 0 Å². The normalized spacial score (nSPS) is 11.4. The Hall–Kier alpha value is -1.65.